The van der Waals surface area contributed by atoms with Gasteiger partial charge in [0.15, 0.2) is 0 Å². The van der Waals surface area contributed by atoms with Gasteiger partial charge in [0, 0.05) is 22.0 Å². The van der Waals surface area contributed by atoms with E-state index in [1.54, 1.807) is 44.2 Å². The fourth-order valence-corrected chi connectivity index (χ4v) is 4.24. The molecule has 0 radical (unpaired) electrons. The van der Waals surface area contributed by atoms with Crippen molar-refractivity contribution in [3.05, 3.63) is 76.0 Å². The van der Waals surface area contributed by atoms with Crippen LogP contribution in [0.3, 0.4) is 0 Å². The fourth-order valence-electron chi connectivity index (χ4n) is 3.14. The number of thiophene rings is 1. The maximum absolute atomic E-state index is 14.8. The van der Waals surface area contributed by atoms with E-state index in [9.17, 15) is 19.1 Å². The minimum Gasteiger partial charge on any atom is -0.386 e. The predicted octanol–water partition coefficient (Wildman–Crippen LogP) is 3.86. The Morgan fingerprint density at radius 2 is 2.00 bits per heavy atom. The number of carbonyl (C=O) groups is 1. The Morgan fingerprint density at radius 1 is 1.23 bits per heavy atom. The number of anilines is 2. The van der Waals surface area contributed by atoms with Gasteiger partial charge in [0.1, 0.15) is 22.2 Å². The molecule has 158 valence electrons. The Labute approximate surface area is 180 Å². The second-order valence-electron chi connectivity index (χ2n) is 7.54. The van der Waals surface area contributed by atoms with Crippen LogP contribution in [0.1, 0.15) is 29.8 Å². The number of nitrogens with one attached hydrogen (secondary N) is 2. The fraction of sp³-hybridized carbons (Fsp3) is 0.136. The van der Waals surface area contributed by atoms with E-state index in [1.165, 1.54) is 18.3 Å². The average Bonchev–Trinajstić information content (AvgIpc) is 3.11. The van der Waals surface area contributed by atoms with E-state index in [-0.39, 0.29) is 22.2 Å². The molecule has 5 N–H and O–H groups in total. The molecule has 7 nitrogen and oxygen atoms in total. The van der Waals surface area contributed by atoms with E-state index in [2.05, 4.69) is 15.3 Å². The van der Waals surface area contributed by atoms with Crippen molar-refractivity contribution < 1.29 is 14.3 Å². The number of primary amides is 1. The van der Waals surface area contributed by atoms with E-state index >= 15 is 0 Å². The second kappa shape index (κ2) is 7.60. The number of pyridine rings is 2. The minimum atomic E-state index is -1.18. The molecule has 0 fully saturated rings. The number of hydrogen-bond acceptors (Lipinski definition) is 6. The van der Waals surface area contributed by atoms with E-state index < -0.39 is 17.3 Å². The number of halogens is 1. The zero-order chi connectivity index (χ0) is 22.3. The highest BCUT2D eigenvalue weighted by atomic mass is 32.1. The van der Waals surface area contributed by atoms with Crippen LogP contribution < -0.4 is 16.6 Å². The molecule has 4 rings (SSSR count). The number of aromatic amines is 1. The molecule has 31 heavy (non-hydrogen) atoms. The Bertz CT molecular complexity index is 1370. The van der Waals surface area contributed by atoms with Crippen molar-refractivity contribution in [3.8, 4) is 10.4 Å². The summed E-state index contributed by atoms with van der Waals surface area (Å²) in [6, 6.07) is 11.1. The molecule has 0 aliphatic rings. The van der Waals surface area contributed by atoms with Gasteiger partial charge in [-0.2, -0.15) is 0 Å². The quantitative estimate of drug-likeness (QED) is 0.377. The van der Waals surface area contributed by atoms with Crippen molar-refractivity contribution in [2.45, 2.75) is 19.4 Å². The van der Waals surface area contributed by atoms with E-state index in [0.29, 0.717) is 26.6 Å². The number of nitrogens with zero attached hydrogens (tertiary/aromatic N) is 1. The van der Waals surface area contributed by atoms with Crippen molar-refractivity contribution in [2.24, 2.45) is 5.73 Å². The number of hydrogen-bond donors (Lipinski definition) is 4. The minimum absolute atomic E-state index is 0.176. The van der Waals surface area contributed by atoms with Crippen LogP contribution in [0.2, 0.25) is 0 Å². The number of aromatic nitrogens is 2. The van der Waals surface area contributed by atoms with Crippen molar-refractivity contribution in [1.29, 1.82) is 0 Å². The van der Waals surface area contributed by atoms with Gasteiger partial charge in [-0.25, -0.2) is 9.37 Å². The van der Waals surface area contributed by atoms with Crippen molar-refractivity contribution in [3.63, 3.8) is 0 Å². The highest BCUT2D eigenvalue weighted by Gasteiger charge is 2.21. The molecule has 0 saturated carbocycles. The Morgan fingerprint density at radius 3 is 2.68 bits per heavy atom. The Balaban J connectivity index is 1.74. The van der Waals surface area contributed by atoms with Gasteiger partial charge in [0.2, 0.25) is 0 Å². The number of aliphatic hydroxyl groups is 1. The second-order valence-corrected chi connectivity index (χ2v) is 8.59. The first-order valence-corrected chi connectivity index (χ1v) is 10.2. The van der Waals surface area contributed by atoms with Gasteiger partial charge < -0.3 is 21.1 Å². The standard InChI is InChI=1S/C22H19FN4O3S/c1-22(2,30)12-4-5-13(15(23)9-12)16-10-14(19(24)28)21(31-16)27-17-6-3-11-7-8-25-20(29)18(11)26-17/h3-10,30H,1-2H3,(H2,24,28)(H,25,29)(H,26,27). The van der Waals surface area contributed by atoms with Crippen LogP contribution in [0.15, 0.2) is 53.5 Å². The lowest BCUT2D eigenvalue weighted by atomic mass is 9.96. The van der Waals surface area contributed by atoms with Gasteiger partial charge in [-0.15, -0.1) is 11.3 Å². The monoisotopic (exact) mass is 438 g/mol. The zero-order valence-electron chi connectivity index (χ0n) is 16.7. The topological polar surface area (TPSA) is 121 Å². The molecule has 0 bridgehead atoms. The summed E-state index contributed by atoms with van der Waals surface area (Å²) in [6.45, 7) is 3.14. The van der Waals surface area contributed by atoms with E-state index in [4.69, 9.17) is 5.73 Å². The molecular formula is C22H19FN4O3S. The van der Waals surface area contributed by atoms with Gasteiger partial charge >= 0.3 is 0 Å². The summed E-state index contributed by atoms with van der Waals surface area (Å²) in [5.74, 6) is -0.867. The largest absolute Gasteiger partial charge is 0.386 e. The Kier molecular flexibility index (Phi) is 5.08. The number of nitrogens with two attached hydrogens (primary N) is 1. The predicted molar refractivity (Wildman–Crippen MR) is 119 cm³/mol. The number of rotatable bonds is 5. The maximum Gasteiger partial charge on any atom is 0.274 e. The van der Waals surface area contributed by atoms with Crippen LogP contribution in [0, 0.1) is 5.82 Å². The molecule has 0 aliphatic carbocycles. The lowest BCUT2D eigenvalue weighted by molar-refractivity contribution is 0.0782. The van der Waals surface area contributed by atoms with Crippen molar-refractivity contribution in [1.82, 2.24) is 9.97 Å². The molecule has 1 aromatic carbocycles. The molecule has 3 heterocycles. The third-order valence-corrected chi connectivity index (χ3v) is 5.88. The lowest BCUT2D eigenvalue weighted by Gasteiger charge is -2.18. The SMILES string of the molecule is CC(C)(O)c1ccc(-c2cc(C(N)=O)c(Nc3ccc4cc[nH]c(=O)c4n3)s2)c(F)c1. The van der Waals surface area contributed by atoms with Gasteiger partial charge in [0.25, 0.3) is 11.5 Å². The summed E-state index contributed by atoms with van der Waals surface area (Å²) < 4.78 is 14.8. The summed E-state index contributed by atoms with van der Waals surface area (Å²) in [4.78, 5) is 31.3. The van der Waals surface area contributed by atoms with E-state index in [1.807, 2.05) is 0 Å². The molecule has 0 unspecified atom stereocenters. The molecule has 1 amide bonds. The summed E-state index contributed by atoms with van der Waals surface area (Å²) in [5.41, 5.74) is 5.14. The molecule has 9 heteroatoms. The highest BCUT2D eigenvalue weighted by Crippen LogP contribution is 2.38. The first-order valence-electron chi connectivity index (χ1n) is 9.35. The molecule has 0 saturated heterocycles. The normalized spacial score (nSPS) is 11.6. The number of carbonyl (C=O) groups excluding carboxylic acids is 1. The molecule has 0 atom stereocenters. The Hall–Kier alpha value is -3.56. The van der Waals surface area contributed by atoms with Gasteiger partial charge in [-0.3, -0.25) is 9.59 Å². The summed E-state index contributed by atoms with van der Waals surface area (Å²) in [5, 5.41) is 14.2. The maximum atomic E-state index is 14.8. The third-order valence-electron chi connectivity index (χ3n) is 4.80. The van der Waals surface area contributed by atoms with Gasteiger partial charge in [-0.05, 0) is 49.7 Å². The van der Waals surface area contributed by atoms with Crippen LogP contribution in [0.5, 0.6) is 0 Å². The summed E-state index contributed by atoms with van der Waals surface area (Å²) in [6.07, 6.45) is 1.54. The van der Waals surface area contributed by atoms with Crippen LogP contribution in [-0.4, -0.2) is 21.0 Å². The van der Waals surface area contributed by atoms with Crippen LogP contribution in [0.4, 0.5) is 15.2 Å². The molecule has 3 aromatic heterocycles. The summed E-state index contributed by atoms with van der Waals surface area (Å²) >= 11 is 1.13. The van der Waals surface area contributed by atoms with Crippen molar-refractivity contribution in [2.75, 3.05) is 5.32 Å². The zero-order valence-corrected chi connectivity index (χ0v) is 17.5. The van der Waals surface area contributed by atoms with Crippen molar-refractivity contribution >= 4 is 39.0 Å². The number of amides is 1. The van der Waals surface area contributed by atoms with Crippen LogP contribution in [-0.2, 0) is 5.60 Å². The van der Waals surface area contributed by atoms with Gasteiger partial charge in [-0.1, -0.05) is 12.1 Å². The van der Waals surface area contributed by atoms with Gasteiger partial charge in [0.05, 0.1) is 11.2 Å². The molecular weight excluding hydrogens is 419 g/mol. The number of fused-ring (bicyclic) bond motifs is 1. The smallest absolute Gasteiger partial charge is 0.274 e. The number of H-pyrrole nitrogens is 1. The molecule has 4 aromatic rings. The highest BCUT2D eigenvalue weighted by molar-refractivity contribution is 7.19. The summed E-state index contributed by atoms with van der Waals surface area (Å²) in [7, 11) is 0. The van der Waals surface area contributed by atoms with Crippen LogP contribution >= 0.6 is 11.3 Å². The molecule has 0 aliphatic heterocycles. The average molecular weight is 438 g/mol. The first-order chi connectivity index (χ1) is 14.6. The number of benzene rings is 1. The first kappa shape index (κ1) is 20.7. The third kappa shape index (κ3) is 4.05. The van der Waals surface area contributed by atoms with Crippen LogP contribution in [0.25, 0.3) is 21.3 Å². The molecule has 0 spiro atoms. The lowest BCUT2D eigenvalue weighted by Crippen LogP contribution is -2.15. The van der Waals surface area contributed by atoms with E-state index in [0.717, 1.165) is 11.3 Å².